The van der Waals surface area contributed by atoms with Crippen LogP contribution in [0.25, 0.3) is 0 Å². The normalized spacial score (nSPS) is 12.3. The number of carbonyl (C=O) groups is 1. The molecule has 0 radical (unpaired) electrons. The molecule has 0 amide bonds. The van der Waals surface area contributed by atoms with Gasteiger partial charge in [0.05, 0.1) is 33.0 Å². The van der Waals surface area contributed by atoms with Gasteiger partial charge in [-0.3, -0.25) is 0 Å². The van der Waals surface area contributed by atoms with Crippen LogP contribution in [-0.2, 0) is 23.7 Å². The van der Waals surface area contributed by atoms with Gasteiger partial charge in [-0.15, -0.1) is 0 Å². The lowest BCUT2D eigenvalue weighted by molar-refractivity contribution is -0.192. The van der Waals surface area contributed by atoms with E-state index in [0.717, 1.165) is 12.8 Å². The van der Waals surface area contributed by atoms with Gasteiger partial charge in [0.25, 0.3) is 6.29 Å². The number of ether oxygens (including phenoxy) is 4. The van der Waals surface area contributed by atoms with E-state index in [4.69, 9.17) is 18.9 Å². The average Bonchev–Trinajstić information content (AvgIpc) is 2.83. The molecule has 0 aliphatic carbocycles. The first-order valence-corrected chi connectivity index (χ1v) is 14.3. The topological polar surface area (TPSA) is 74.2 Å². The summed E-state index contributed by atoms with van der Waals surface area (Å²) in [7, 11) is 0. The van der Waals surface area contributed by atoms with Crippen LogP contribution in [0.15, 0.2) is 0 Å². The summed E-state index contributed by atoms with van der Waals surface area (Å²) in [6.07, 6.45) is 22.7. The molecule has 0 aromatic carbocycles. The molecule has 0 rings (SSSR count). The van der Waals surface area contributed by atoms with Gasteiger partial charge in [0.1, 0.15) is 0 Å². The van der Waals surface area contributed by atoms with E-state index in [1.807, 2.05) is 6.92 Å². The molecule has 204 valence electrons. The van der Waals surface area contributed by atoms with Crippen molar-refractivity contribution in [3.8, 4) is 0 Å². The molecule has 1 N–H and O–H groups in total. The zero-order valence-electron chi connectivity index (χ0n) is 22.5. The van der Waals surface area contributed by atoms with E-state index in [1.165, 1.54) is 103 Å². The van der Waals surface area contributed by atoms with Gasteiger partial charge < -0.3 is 24.1 Å². The third kappa shape index (κ3) is 25.9. The second kappa shape index (κ2) is 28.5. The smallest absolute Gasteiger partial charge is 0.361 e. The highest BCUT2D eigenvalue weighted by Gasteiger charge is 2.18. The molecule has 1 unspecified atom stereocenters. The largest absolute Gasteiger partial charge is 0.477 e. The van der Waals surface area contributed by atoms with E-state index in [0.29, 0.717) is 33.0 Å². The lowest BCUT2D eigenvalue weighted by Gasteiger charge is -2.14. The van der Waals surface area contributed by atoms with Gasteiger partial charge in [0.15, 0.2) is 0 Å². The molecule has 34 heavy (non-hydrogen) atoms. The molecular weight excluding hydrogens is 432 g/mol. The second-order valence-corrected chi connectivity index (χ2v) is 9.23. The quantitative estimate of drug-likeness (QED) is 0.0866. The zero-order chi connectivity index (χ0) is 25.0. The summed E-state index contributed by atoms with van der Waals surface area (Å²) in [5.74, 6) is -1.09. The summed E-state index contributed by atoms with van der Waals surface area (Å²) < 4.78 is 21.1. The Hall–Kier alpha value is -0.690. The van der Waals surface area contributed by atoms with E-state index in [2.05, 4.69) is 6.92 Å². The summed E-state index contributed by atoms with van der Waals surface area (Å²) in [6, 6.07) is 0. The molecule has 0 aromatic heterocycles. The van der Waals surface area contributed by atoms with Crippen molar-refractivity contribution in [1.29, 1.82) is 0 Å². The van der Waals surface area contributed by atoms with Crippen LogP contribution in [0.5, 0.6) is 0 Å². The second-order valence-electron chi connectivity index (χ2n) is 9.23. The van der Waals surface area contributed by atoms with Crippen molar-refractivity contribution in [1.82, 2.24) is 0 Å². The fourth-order valence-corrected chi connectivity index (χ4v) is 3.96. The van der Waals surface area contributed by atoms with Crippen LogP contribution in [0.3, 0.4) is 0 Å². The Morgan fingerprint density at radius 1 is 0.529 bits per heavy atom. The summed E-state index contributed by atoms with van der Waals surface area (Å²) in [4.78, 5) is 11.2. The molecule has 0 aliphatic heterocycles. The first-order chi connectivity index (χ1) is 16.7. The molecule has 1 atom stereocenters. The van der Waals surface area contributed by atoms with Crippen LogP contribution in [0.1, 0.15) is 129 Å². The molecule has 0 aromatic rings. The lowest BCUT2D eigenvalue weighted by atomic mass is 10.0. The first-order valence-electron chi connectivity index (χ1n) is 14.3. The Bertz CT molecular complexity index is 404. The fourth-order valence-electron chi connectivity index (χ4n) is 3.96. The van der Waals surface area contributed by atoms with Gasteiger partial charge in [-0.2, -0.15) is 0 Å². The third-order valence-corrected chi connectivity index (χ3v) is 6.04. The number of unbranched alkanes of at least 4 members (excludes halogenated alkanes) is 17. The average molecular weight is 489 g/mol. The van der Waals surface area contributed by atoms with Crippen LogP contribution in [-0.4, -0.2) is 57.0 Å². The molecule has 0 aliphatic rings. The number of carboxylic acid groups (broad SMARTS) is 1. The number of rotatable bonds is 29. The number of hydrogen-bond acceptors (Lipinski definition) is 5. The maximum absolute atomic E-state index is 11.2. The summed E-state index contributed by atoms with van der Waals surface area (Å²) in [5.41, 5.74) is 0. The summed E-state index contributed by atoms with van der Waals surface area (Å²) >= 11 is 0. The van der Waals surface area contributed by atoms with Crippen molar-refractivity contribution < 1.29 is 28.8 Å². The molecule has 0 heterocycles. The molecular formula is C28H56O6. The van der Waals surface area contributed by atoms with Crippen molar-refractivity contribution in [2.45, 2.75) is 136 Å². The van der Waals surface area contributed by atoms with Gasteiger partial charge in [-0.1, -0.05) is 116 Å². The Balaban J connectivity index is 3.32. The van der Waals surface area contributed by atoms with Crippen molar-refractivity contribution in [2.75, 3.05) is 39.6 Å². The van der Waals surface area contributed by atoms with Crippen molar-refractivity contribution in [3.63, 3.8) is 0 Å². The van der Waals surface area contributed by atoms with Gasteiger partial charge in [0, 0.05) is 6.61 Å². The molecule has 0 saturated heterocycles. The van der Waals surface area contributed by atoms with Gasteiger partial charge in [0.2, 0.25) is 0 Å². The third-order valence-electron chi connectivity index (χ3n) is 6.04. The van der Waals surface area contributed by atoms with Crippen LogP contribution >= 0.6 is 0 Å². The van der Waals surface area contributed by atoms with E-state index in [-0.39, 0.29) is 6.61 Å². The highest BCUT2D eigenvalue weighted by molar-refractivity contribution is 5.70. The zero-order valence-corrected chi connectivity index (χ0v) is 22.5. The Morgan fingerprint density at radius 2 is 0.912 bits per heavy atom. The number of hydrogen-bond donors (Lipinski definition) is 1. The maximum atomic E-state index is 11.2. The lowest BCUT2D eigenvalue weighted by Crippen LogP contribution is -2.29. The molecule has 0 bridgehead atoms. The molecule has 0 saturated carbocycles. The van der Waals surface area contributed by atoms with Crippen molar-refractivity contribution in [2.24, 2.45) is 0 Å². The number of aliphatic carboxylic acids is 1. The molecule has 6 heteroatoms. The minimum absolute atomic E-state index is 0.197. The van der Waals surface area contributed by atoms with Crippen molar-refractivity contribution >= 4 is 5.97 Å². The Kier molecular flexibility index (Phi) is 28.0. The standard InChI is InChI=1S/C28H56O6/c1-3-5-6-7-8-9-10-11-12-13-14-15-16-17-18-19-20-21-22-33-28(27(29)30)34-26-25-32-24-23-31-4-2/h28H,3-26H2,1-2H3,(H,29,30). The van der Waals surface area contributed by atoms with Crippen LogP contribution in [0, 0.1) is 0 Å². The van der Waals surface area contributed by atoms with Crippen molar-refractivity contribution in [3.05, 3.63) is 0 Å². The predicted octanol–water partition coefficient (Wildman–Crippen LogP) is 7.53. The van der Waals surface area contributed by atoms with Gasteiger partial charge >= 0.3 is 5.97 Å². The van der Waals surface area contributed by atoms with E-state index in [1.54, 1.807) is 0 Å². The van der Waals surface area contributed by atoms with Crippen LogP contribution in [0.2, 0.25) is 0 Å². The minimum Gasteiger partial charge on any atom is -0.477 e. The van der Waals surface area contributed by atoms with Gasteiger partial charge in [-0.25, -0.2) is 4.79 Å². The minimum atomic E-state index is -1.21. The molecule has 0 spiro atoms. The van der Waals surface area contributed by atoms with E-state index < -0.39 is 12.3 Å². The first kappa shape index (κ1) is 33.3. The summed E-state index contributed by atoms with van der Waals surface area (Å²) in [5, 5.41) is 9.19. The molecule has 6 nitrogen and oxygen atoms in total. The Morgan fingerprint density at radius 3 is 1.35 bits per heavy atom. The highest BCUT2D eigenvalue weighted by Crippen LogP contribution is 2.14. The van der Waals surface area contributed by atoms with Gasteiger partial charge in [-0.05, 0) is 13.3 Å². The Labute approximate surface area is 210 Å². The highest BCUT2D eigenvalue weighted by atomic mass is 16.7. The predicted molar refractivity (Wildman–Crippen MR) is 139 cm³/mol. The maximum Gasteiger partial charge on any atom is 0.361 e. The fraction of sp³-hybridized carbons (Fsp3) is 0.964. The van der Waals surface area contributed by atoms with E-state index in [9.17, 15) is 9.90 Å². The molecule has 0 fully saturated rings. The van der Waals surface area contributed by atoms with Crippen LogP contribution < -0.4 is 0 Å². The monoisotopic (exact) mass is 488 g/mol. The summed E-state index contributed by atoms with van der Waals surface area (Å²) in [6.45, 7) is 6.83. The van der Waals surface area contributed by atoms with E-state index >= 15 is 0 Å². The van der Waals surface area contributed by atoms with Crippen LogP contribution in [0.4, 0.5) is 0 Å². The SMILES string of the molecule is CCCCCCCCCCCCCCCCCCCCOC(OCCOCCOCC)C(=O)O. The number of carboxylic acids is 1.